The van der Waals surface area contributed by atoms with Crippen molar-refractivity contribution in [3.05, 3.63) is 77.1 Å². The van der Waals surface area contributed by atoms with Gasteiger partial charge in [-0.2, -0.15) is 0 Å². The van der Waals surface area contributed by atoms with Gasteiger partial charge in [-0.3, -0.25) is 4.79 Å². The summed E-state index contributed by atoms with van der Waals surface area (Å²) in [4.78, 5) is 19.8. The quantitative estimate of drug-likeness (QED) is 0.710. The topological polar surface area (TPSA) is 90.1 Å². The van der Waals surface area contributed by atoms with Crippen LogP contribution in [0.25, 0.3) is 0 Å². The number of hydrogen-bond donors (Lipinski definition) is 2. The SMILES string of the molecule is Cc1cccc(C)c1Oc1ncccc1CNc1cc(C(N)=O)ccn1. The second-order valence-electron chi connectivity index (χ2n) is 5.94. The summed E-state index contributed by atoms with van der Waals surface area (Å²) >= 11 is 0. The molecule has 1 amide bonds. The number of nitrogens with one attached hydrogen (secondary N) is 1. The molecule has 0 saturated carbocycles. The van der Waals surface area contributed by atoms with Crippen molar-refractivity contribution in [3.63, 3.8) is 0 Å². The molecule has 2 heterocycles. The van der Waals surface area contributed by atoms with E-state index in [1.165, 1.54) is 0 Å². The summed E-state index contributed by atoms with van der Waals surface area (Å²) in [6.45, 7) is 4.45. The third-order valence-corrected chi connectivity index (χ3v) is 3.96. The van der Waals surface area contributed by atoms with Gasteiger partial charge in [0.15, 0.2) is 0 Å². The standard InChI is InChI=1S/C20H20N4O2/c1-13-5-3-6-14(2)18(13)26-20-16(7-4-9-23-20)12-24-17-11-15(19(21)25)8-10-22-17/h3-11H,12H2,1-2H3,(H2,21,25)(H,22,24). The summed E-state index contributed by atoms with van der Waals surface area (Å²) in [7, 11) is 0. The van der Waals surface area contributed by atoms with Gasteiger partial charge in [-0.05, 0) is 43.2 Å². The molecule has 0 aliphatic carbocycles. The Hall–Kier alpha value is -3.41. The molecule has 0 fully saturated rings. The molecule has 0 saturated heterocycles. The Bertz CT molecular complexity index is 920. The van der Waals surface area contributed by atoms with Gasteiger partial charge in [0.1, 0.15) is 11.6 Å². The fraction of sp³-hybridized carbons (Fsp3) is 0.150. The first kappa shape index (κ1) is 17.4. The average Bonchev–Trinajstić information content (AvgIpc) is 2.64. The number of carbonyl (C=O) groups excluding carboxylic acids is 1. The zero-order valence-corrected chi connectivity index (χ0v) is 14.7. The number of aryl methyl sites for hydroxylation is 2. The van der Waals surface area contributed by atoms with E-state index in [1.807, 2.05) is 44.2 Å². The number of benzene rings is 1. The first-order chi connectivity index (χ1) is 12.5. The Labute approximate surface area is 152 Å². The number of para-hydroxylation sites is 1. The van der Waals surface area contributed by atoms with Crippen LogP contribution in [0, 0.1) is 13.8 Å². The van der Waals surface area contributed by atoms with E-state index in [0.29, 0.717) is 23.8 Å². The lowest BCUT2D eigenvalue weighted by atomic mass is 10.1. The van der Waals surface area contributed by atoms with Gasteiger partial charge in [0.05, 0.1) is 0 Å². The van der Waals surface area contributed by atoms with E-state index < -0.39 is 5.91 Å². The zero-order valence-electron chi connectivity index (χ0n) is 14.7. The molecule has 6 nitrogen and oxygen atoms in total. The Morgan fingerprint density at radius 3 is 2.58 bits per heavy atom. The molecule has 1 aromatic carbocycles. The van der Waals surface area contributed by atoms with Crippen LogP contribution in [0.15, 0.2) is 54.9 Å². The van der Waals surface area contributed by atoms with Crippen LogP contribution in [0.4, 0.5) is 5.82 Å². The molecule has 0 bridgehead atoms. The van der Waals surface area contributed by atoms with Crippen molar-refractivity contribution in [2.45, 2.75) is 20.4 Å². The van der Waals surface area contributed by atoms with Crippen molar-refractivity contribution >= 4 is 11.7 Å². The molecule has 0 spiro atoms. The molecule has 0 unspecified atom stereocenters. The number of carbonyl (C=O) groups is 1. The van der Waals surface area contributed by atoms with Crippen molar-refractivity contribution in [1.82, 2.24) is 9.97 Å². The molecule has 3 N–H and O–H groups in total. The van der Waals surface area contributed by atoms with Gasteiger partial charge < -0.3 is 15.8 Å². The van der Waals surface area contributed by atoms with Crippen molar-refractivity contribution < 1.29 is 9.53 Å². The maximum absolute atomic E-state index is 11.3. The number of primary amides is 1. The fourth-order valence-corrected chi connectivity index (χ4v) is 2.57. The molecular formula is C20H20N4O2. The highest BCUT2D eigenvalue weighted by Crippen LogP contribution is 2.29. The summed E-state index contributed by atoms with van der Waals surface area (Å²) in [6.07, 6.45) is 3.23. The first-order valence-electron chi connectivity index (χ1n) is 8.22. The van der Waals surface area contributed by atoms with Gasteiger partial charge in [-0.15, -0.1) is 0 Å². The molecular weight excluding hydrogens is 328 g/mol. The van der Waals surface area contributed by atoms with Crippen molar-refractivity contribution in [2.75, 3.05) is 5.32 Å². The lowest BCUT2D eigenvalue weighted by Gasteiger charge is -2.14. The number of pyridine rings is 2. The highest BCUT2D eigenvalue weighted by atomic mass is 16.5. The fourth-order valence-electron chi connectivity index (χ4n) is 2.57. The number of aromatic nitrogens is 2. The van der Waals surface area contributed by atoms with E-state index >= 15 is 0 Å². The third-order valence-electron chi connectivity index (χ3n) is 3.96. The molecule has 6 heteroatoms. The van der Waals surface area contributed by atoms with Crippen molar-refractivity contribution in [3.8, 4) is 11.6 Å². The highest BCUT2D eigenvalue weighted by Gasteiger charge is 2.10. The highest BCUT2D eigenvalue weighted by molar-refractivity contribution is 5.93. The van der Waals surface area contributed by atoms with Crippen LogP contribution in [-0.4, -0.2) is 15.9 Å². The van der Waals surface area contributed by atoms with Crippen LogP contribution in [-0.2, 0) is 6.54 Å². The molecule has 2 aromatic heterocycles. The lowest BCUT2D eigenvalue weighted by Crippen LogP contribution is -2.12. The summed E-state index contributed by atoms with van der Waals surface area (Å²) in [5.74, 6) is 1.41. The minimum Gasteiger partial charge on any atom is -0.438 e. The third kappa shape index (κ3) is 3.97. The Morgan fingerprint density at radius 1 is 1.08 bits per heavy atom. The van der Waals surface area contributed by atoms with E-state index in [-0.39, 0.29) is 0 Å². The molecule has 26 heavy (non-hydrogen) atoms. The van der Waals surface area contributed by atoms with Crippen LogP contribution in [0.3, 0.4) is 0 Å². The Balaban J connectivity index is 1.80. The number of rotatable bonds is 6. The van der Waals surface area contributed by atoms with Gasteiger partial charge >= 0.3 is 0 Å². The monoisotopic (exact) mass is 348 g/mol. The number of ether oxygens (including phenoxy) is 1. The largest absolute Gasteiger partial charge is 0.438 e. The molecule has 3 rings (SSSR count). The van der Waals surface area contributed by atoms with Crippen LogP contribution in [0.2, 0.25) is 0 Å². The predicted octanol–water partition coefficient (Wildman–Crippen LogP) is 3.60. The zero-order chi connectivity index (χ0) is 18.5. The maximum Gasteiger partial charge on any atom is 0.248 e. The number of amides is 1. The molecule has 0 radical (unpaired) electrons. The second-order valence-corrected chi connectivity index (χ2v) is 5.94. The predicted molar refractivity (Wildman–Crippen MR) is 100 cm³/mol. The van der Waals surface area contributed by atoms with Gasteiger partial charge in [0, 0.05) is 30.1 Å². The van der Waals surface area contributed by atoms with Crippen LogP contribution < -0.4 is 15.8 Å². The van der Waals surface area contributed by atoms with Crippen molar-refractivity contribution in [1.29, 1.82) is 0 Å². The normalized spacial score (nSPS) is 10.4. The molecule has 3 aromatic rings. The summed E-state index contributed by atoms with van der Waals surface area (Å²) in [5, 5.41) is 3.17. The average molecular weight is 348 g/mol. The lowest BCUT2D eigenvalue weighted by molar-refractivity contribution is 0.1000. The second kappa shape index (κ2) is 7.65. The number of hydrogen-bond acceptors (Lipinski definition) is 5. The Morgan fingerprint density at radius 2 is 1.85 bits per heavy atom. The van der Waals surface area contributed by atoms with Gasteiger partial charge in [-0.25, -0.2) is 9.97 Å². The number of nitrogens with two attached hydrogens (primary N) is 1. The van der Waals surface area contributed by atoms with Crippen molar-refractivity contribution in [2.24, 2.45) is 5.73 Å². The maximum atomic E-state index is 11.3. The number of anilines is 1. The summed E-state index contributed by atoms with van der Waals surface area (Å²) in [5.41, 5.74) is 8.68. The first-order valence-corrected chi connectivity index (χ1v) is 8.22. The Kier molecular flexibility index (Phi) is 5.12. The van der Waals surface area contributed by atoms with E-state index in [1.54, 1.807) is 24.5 Å². The summed E-state index contributed by atoms with van der Waals surface area (Å²) < 4.78 is 6.08. The molecule has 0 aliphatic heterocycles. The molecule has 0 atom stereocenters. The smallest absolute Gasteiger partial charge is 0.248 e. The van der Waals surface area contributed by atoms with Crippen LogP contribution in [0.5, 0.6) is 11.6 Å². The van der Waals surface area contributed by atoms with Gasteiger partial charge in [-0.1, -0.05) is 24.3 Å². The van der Waals surface area contributed by atoms with Crippen LogP contribution in [0.1, 0.15) is 27.0 Å². The number of nitrogens with zero attached hydrogens (tertiary/aromatic N) is 2. The molecule has 0 aliphatic rings. The minimum atomic E-state index is -0.490. The minimum absolute atomic E-state index is 0.403. The van der Waals surface area contributed by atoms with Gasteiger partial charge in [0.2, 0.25) is 11.8 Å². The van der Waals surface area contributed by atoms with E-state index in [2.05, 4.69) is 15.3 Å². The van der Waals surface area contributed by atoms with E-state index in [9.17, 15) is 4.79 Å². The van der Waals surface area contributed by atoms with E-state index in [0.717, 1.165) is 22.4 Å². The van der Waals surface area contributed by atoms with E-state index in [4.69, 9.17) is 10.5 Å². The molecule has 132 valence electrons. The summed E-state index contributed by atoms with van der Waals surface area (Å²) in [6, 6.07) is 13.0. The van der Waals surface area contributed by atoms with Gasteiger partial charge in [0.25, 0.3) is 0 Å². The van der Waals surface area contributed by atoms with Crippen LogP contribution >= 0.6 is 0 Å².